The molecule has 0 radical (unpaired) electrons. The van der Waals surface area contributed by atoms with Gasteiger partial charge in [0.2, 0.25) is 11.8 Å². The molecule has 0 aromatic heterocycles. The van der Waals surface area contributed by atoms with Gasteiger partial charge in [0.25, 0.3) is 0 Å². The van der Waals surface area contributed by atoms with Gasteiger partial charge >= 0.3 is 0 Å². The molecule has 144 valence electrons. The number of rotatable bonds is 7. The minimum atomic E-state index is -0.705. The molecule has 0 aliphatic carbocycles. The molecule has 0 fully saturated rings. The topological polar surface area (TPSA) is 49.4 Å². The van der Waals surface area contributed by atoms with Crippen LogP contribution < -0.4 is 5.32 Å². The molecule has 1 unspecified atom stereocenters. The number of nitrogens with one attached hydrogen (secondary N) is 1. The third kappa shape index (κ3) is 5.64. The van der Waals surface area contributed by atoms with Crippen molar-refractivity contribution < 1.29 is 14.0 Å². The van der Waals surface area contributed by atoms with E-state index < -0.39 is 6.04 Å². The summed E-state index contributed by atoms with van der Waals surface area (Å²) in [4.78, 5) is 27.0. The zero-order chi connectivity index (χ0) is 20.0. The zero-order valence-electron chi connectivity index (χ0n) is 16.3. The number of hydrogen-bond donors (Lipinski definition) is 1. The summed E-state index contributed by atoms with van der Waals surface area (Å²) in [6.07, 6.45) is 0.167. The highest BCUT2D eigenvalue weighted by atomic mass is 19.1. The first-order valence-electron chi connectivity index (χ1n) is 9.17. The third-order valence-electron chi connectivity index (χ3n) is 4.50. The molecular weight excluding hydrogens is 343 g/mol. The first kappa shape index (κ1) is 20.6. The van der Waals surface area contributed by atoms with Crippen LogP contribution in [0.4, 0.5) is 4.39 Å². The second-order valence-electron chi connectivity index (χ2n) is 7.06. The Labute approximate surface area is 160 Å². The zero-order valence-corrected chi connectivity index (χ0v) is 16.3. The fourth-order valence-corrected chi connectivity index (χ4v) is 2.87. The maximum Gasteiger partial charge on any atom is 0.242 e. The highest BCUT2D eigenvalue weighted by Crippen LogP contribution is 2.16. The van der Waals surface area contributed by atoms with Crippen LogP contribution in [0.15, 0.2) is 48.5 Å². The Bertz CT molecular complexity index is 804. The van der Waals surface area contributed by atoms with Gasteiger partial charge in [0, 0.05) is 18.2 Å². The van der Waals surface area contributed by atoms with Crippen LogP contribution in [-0.2, 0) is 22.6 Å². The van der Waals surface area contributed by atoms with E-state index in [2.05, 4.69) is 5.32 Å². The number of hydrogen-bond acceptors (Lipinski definition) is 2. The summed E-state index contributed by atoms with van der Waals surface area (Å²) in [6, 6.07) is 13.2. The van der Waals surface area contributed by atoms with E-state index in [9.17, 15) is 14.0 Å². The van der Waals surface area contributed by atoms with Crippen LogP contribution >= 0.6 is 0 Å². The van der Waals surface area contributed by atoms with Gasteiger partial charge in [0.05, 0.1) is 6.42 Å². The normalized spacial score (nSPS) is 11.9. The molecule has 0 saturated heterocycles. The number of carbonyl (C=O) groups is 2. The molecule has 0 aliphatic rings. The maximum absolute atomic E-state index is 14.1. The smallest absolute Gasteiger partial charge is 0.242 e. The van der Waals surface area contributed by atoms with Gasteiger partial charge in [-0.05, 0) is 44.9 Å². The van der Waals surface area contributed by atoms with Crippen LogP contribution in [0.2, 0.25) is 0 Å². The van der Waals surface area contributed by atoms with Gasteiger partial charge < -0.3 is 10.2 Å². The van der Waals surface area contributed by atoms with Crippen LogP contribution in [0.25, 0.3) is 0 Å². The van der Waals surface area contributed by atoms with Gasteiger partial charge in [-0.3, -0.25) is 9.59 Å². The van der Waals surface area contributed by atoms with Gasteiger partial charge in [-0.25, -0.2) is 4.39 Å². The molecule has 4 nitrogen and oxygen atoms in total. The van der Waals surface area contributed by atoms with E-state index in [4.69, 9.17) is 0 Å². The standard InChI is InChI=1S/C22H27FN2O2/c1-15(2)24-22(27)17(4)25(14-19-11-7-8-12-20(19)23)21(26)13-18-10-6-5-9-16(18)3/h5-12,15,17H,13-14H2,1-4H3,(H,24,27). The van der Waals surface area contributed by atoms with Gasteiger partial charge in [0.1, 0.15) is 11.9 Å². The molecule has 2 aromatic carbocycles. The minimum Gasteiger partial charge on any atom is -0.352 e. The van der Waals surface area contributed by atoms with Crippen molar-refractivity contribution in [3.63, 3.8) is 0 Å². The molecule has 1 N–H and O–H groups in total. The van der Waals surface area contributed by atoms with E-state index in [1.165, 1.54) is 11.0 Å². The van der Waals surface area contributed by atoms with E-state index in [1.807, 2.05) is 45.0 Å². The maximum atomic E-state index is 14.1. The van der Waals surface area contributed by atoms with Crippen LogP contribution in [0.3, 0.4) is 0 Å². The van der Waals surface area contributed by atoms with Crippen molar-refractivity contribution in [2.75, 3.05) is 0 Å². The van der Waals surface area contributed by atoms with E-state index in [1.54, 1.807) is 25.1 Å². The second kappa shape index (κ2) is 9.31. The molecule has 2 aromatic rings. The number of nitrogens with zero attached hydrogens (tertiary/aromatic N) is 1. The first-order chi connectivity index (χ1) is 12.8. The first-order valence-corrected chi connectivity index (χ1v) is 9.17. The lowest BCUT2D eigenvalue weighted by atomic mass is 10.0. The Morgan fingerprint density at radius 1 is 1.00 bits per heavy atom. The molecule has 2 amide bonds. The molecule has 2 rings (SSSR count). The predicted molar refractivity (Wildman–Crippen MR) is 105 cm³/mol. The van der Waals surface area contributed by atoms with E-state index in [0.29, 0.717) is 5.56 Å². The molecule has 27 heavy (non-hydrogen) atoms. The summed E-state index contributed by atoms with van der Waals surface area (Å²) >= 11 is 0. The minimum absolute atomic E-state index is 0.0401. The predicted octanol–water partition coefficient (Wildman–Crippen LogP) is 3.62. The lowest BCUT2D eigenvalue weighted by Crippen LogP contribution is -2.49. The van der Waals surface area contributed by atoms with E-state index in [0.717, 1.165) is 11.1 Å². The number of benzene rings is 2. The van der Waals surface area contributed by atoms with Crippen molar-refractivity contribution in [3.8, 4) is 0 Å². The summed E-state index contributed by atoms with van der Waals surface area (Å²) in [6.45, 7) is 7.39. The molecule has 0 heterocycles. The molecule has 0 spiro atoms. The van der Waals surface area contributed by atoms with Gasteiger partial charge in [-0.1, -0.05) is 42.5 Å². The van der Waals surface area contributed by atoms with Crippen molar-refractivity contribution in [2.45, 2.75) is 52.7 Å². The van der Waals surface area contributed by atoms with Gasteiger partial charge in [-0.2, -0.15) is 0 Å². The number of aryl methyl sites for hydroxylation is 1. The van der Waals surface area contributed by atoms with Crippen molar-refractivity contribution >= 4 is 11.8 Å². The van der Waals surface area contributed by atoms with Crippen LogP contribution in [0.5, 0.6) is 0 Å². The molecule has 5 heteroatoms. The average molecular weight is 370 g/mol. The number of carbonyl (C=O) groups excluding carboxylic acids is 2. The summed E-state index contributed by atoms with van der Waals surface area (Å²) in [7, 11) is 0. The number of amides is 2. The van der Waals surface area contributed by atoms with Crippen molar-refractivity contribution in [2.24, 2.45) is 0 Å². The summed E-state index contributed by atoms with van der Waals surface area (Å²) in [5, 5.41) is 2.83. The average Bonchev–Trinajstić information content (AvgIpc) is 2.61. The Morgan fingerprint density at radius 2 is 1.59 bits per heavy atom. The monoisotopic (exact) mass is 370 g/mol. The Hall–Kier alpha value is -2.69. The van der Waals surface area contributed by atoms with Gasteiger partial charge in [-0.15, -0.1) is 0 Å². The molecule has 0 bridgehead atoms. The Kier molecular flexibility index (Phi) is 7.11. The van der Waals surface area contributed by atoms with Crippen molar-refractivity contribution in [1.29, 1.82) is 0 Å². The molecule has 0 saturated carbocycles. The van der Waals surface area contributed by atoms with Crippen LogP contribution in [0, 0.1) is 12.7 Å². The van der Waals surface area contributed by atoms with Crippen molar-refractivity contribution in [1.82, 2.24) is 10.2 Å². The van der Waals surface area contributed by atoms with Crippen LogP contribution in [-0.4, -0.2) is 28.8 Å². The van der Waals surface area contributed by atoms with E-state index in [-0.39, 0.29) is 36.6 Å². The summed E-state index contributed by atoms with van der Waals surface area (Å²) in [5.41, 5.74) is 2.30. The fourth-order valence-electron chi connectivity index (χ4n) is 2.87. The summed E-state index contributed by atoms with van der Waals surface area (Å²) < 4.78 is 14.1. The SMILES string of the molecule is Cc1ccccc1CC(=O)N(Cc1ccccc1F)C(C)C(=O)NC(C)C. The molecule has 0 aliphatic heterocycles. The lowest BCUT2D eigenvalue weighted by molar-refractivity contribution is -0.140. The lowest BCUT2D eigenvalue weighted by Gasteiger charge is -2.29. The number of halogens is 1. The van der Waals surface area contributed by atoms with Crippen LogP contribution in [0.1, 0.15) is 37.5 Å². The van der Waals surface area contributed by atoms with E-state index >= 15 is 0 Å². The second-order valence-corrected chi connectivity index (χ2v) is 7.06. The highest BCUT2D eigenvalue weighted by Gasteiger charge is 2.27. The third-order valence-corrected chi connectivity index (χ3v) is 4.50. The fraction of sp³-hybridized carbons (Fsp3) is 0.364. The Morgan fingerprint density at radius 3 is 2.19 bits per heavy atom. The quantitative estimate of drug-likeness (QED) is 0.809. The largest absolute Gasteiger partial charge is 0.352 e. The van der Waals surface area contributed by atoms with Gasteiger partial charge in [0.15, 0.2) is 0 Å². The molecule has 1 atom stereocenters. The van der Waals surface area contributed by atoms with Crippen molar-refractivity contribution in [3.05, 3.63) is 71.0 Å². The highest BCUT2D eigenvalue weighted by molar-refractivity contribution is 5.88. The summed E-state index contributed by atoms with van der Waals surface area (Å²) in [5.74, 6) is -0.846. The Balaban J connectivity index is 2.27. The molecular formula is C22H27FN2O2.